The maximum Gasteiger partial charge on any atom is 0.324 e. The van der Waals surface area contributed by atoms with E-state index in [0.717, 1.165) is 9.60 Å². The molecule has 0 atom stereocenters. The van der Waals surface area contributed by atoms with Crippen molar-refractivity contribution in [3.05, 3.63) is 64.3 Å². The summed E-state index contributed by atoms with van der Waals surface area (Å²) < 4.78 is 14.8. The number of anilines is 1. The van der Waals surface area contributed by atoms with Gasteiger partial charge in [-0.05, 0) is 42.3 Å². The van der Waals surface area contributed by atoms with Gasteiger partial charge in [0, 0.05) is 15.8 Å². The molecule has 6 nitrogen and oxygen atoms in total. The van der Waals surface area contributed by atoms with Crippen molar-refractivity contribution in [2.24, 2.45) is 0 Å². The van der Waals surface area contributed by atoms with Gasteiger partial charge in [0.05, 0.1) is 18.0 Å². The lowest BCUT2D eigenvalue weighted by Gasteiger charge is -2.13. The lowest BCUT2D eigenvalue weighted by molar-refractivity contribution is -0.125. The molecular weight excluding hydrogens is 381 g/mol. The number of amides is 4. The Morgan fingerprint density at radius 1 is 1.25 bits per heavy atom. The van der Waals surface area contributed by atoms with E-state index in [-0.39, 0.29) is 30.7 Å². The monoisotopic (exact) mass is 397 g/mol. The van der Waals surface area contributed by atoms with E-state index in [1.807, 2.05) is 0 Å². The second-order valence-electron chi connectivity index (χ2n) is 6.46. The van der Waals surface area contributed by atoms with Crippen molar-refractivity contribution in [3.63, 3.8) is 0 Å². The summed E-state index contributed by atoms with van der Waals surface area (Å²) >= 11 is 1.24. The Labute approximate surface area is 164 Å². The standard InChI is InChI=1S/C20H16FN3O3S/c1-11-17-14(21)6-3-7-15(17)28-18(11)19(26)23-13-5-2-4-12(8-13)10-24-16(25)9-22-20(24)27/h2-8H,9-10H2,1H3,(H,22,27)(H,23,26). The van der Waals surface area contributed by atoms with Crippen LogP contribution in [0.15, 0.2) is 42.5 Å². The number of fused-ring (bicyclic) bond motifs is 1. The summed E-state index contributed by atoms with van der Waals surface area (Å²) in [6.45, 7) is 1.85. The van der Waals surface area contributed by atoms with Crippen molar-refractivity contribution in [1.82, 2.24) is 10.2 Å². The minimum Gasteiger partial charge on any atom is -0.329 e. The van der Waals surface area contributed by atoms with Gasteiger partial charge in [-0.2, -0.15) is 0 Å². The lowest BCUT2D eigenvalue weighted by Crippen LogP contribution is -2.30. The van der Waals surface area contributed by atoms with Gasteiger partial charge >= 0.3 is 6.03 Å². The Morgan fingerprint density at radius 3 is 2.75 bits per heavy atom. The number of thiophene rings is 1. The Balaban J connectivity index is 1.56. The van der Waals surface area contributed by atoms with Crippen LogP contribution in [0, 0.1) is 12.7 Å². The molecule has 0 spiro atoms. The van der Waals surface area contributed by atoms with E-state index in [1.54, 1.807) is 43.3 Å². The van der Waals surface area contributed by atoms with E-state index in [2.05, 4.69) is 10.6 Å². The largest absolute Gasteiger partial charge is 0.329 e. The normalized spacial score (nSPS) is 13.9. The first kappa shape index (κ1) is 18.1. The first-order valence-electron chi connectivity index (χ1n) is 8.60. The van der Waals surface area contributed by atoms with Gasteiger partial charge in [0.25, 0.3) is 5.91 Å². The molecule has 3 aromatic rings. The number of carbonyl (C=O) groups is 3. The summed E-state index contributed by atoms with van der Waals surface area (Å²) in [4.78, 5) is 37.7. The van der Waals surface area contributed by atoms with Crippen LogP contribution >= 0.6 is 11.3 Å². The van der Waals surface area contributed by atoms with E-state index in [1.165, 1.54) is 17.4 Å². The molecule has 1 saturated heterocycles. The van der Waals surface area contributed by atoms with Crippen LogP contribution in [-0.4, -0.2) is 29.3 Å². The van der Waals surface area contributed by atoms with Crippen LogP contribution in [-0.2, 0) is 11.3 Å². The number of urea groups is 1. The van der Waals surface area contributed by atoms with Gasteiger partial charge in [0.1, 0.15) is 5.82 Å². The highest BCUT2D eigenvalue weighted by molar-refractivity contribution is 7.21. The quantitative estimate of drug-likeness (QED) is 0.660. The zero-order valence-electron chi connectivity index (χ0n) is 14.9. The summed E-state index contributed by atoms with van der Waals surface area (Å²) in [6.07, 6.45) is 0. The smallest absolute Gasteiger partial charge is 0.324 e. The maximum atomic E-state index is 14.1. The first-order chi connectivity index (χ1) is 13.4. The number of aryl methyl sites for hydroxylation is 1. The van der Waals surface area contributed by atoms with Gasteiger partial charge in [-0.25, -0.2) is 9.18 Å². The Hall–Kier alpha value is -3.26. The van der Waals surface area contributed by atoms with Crippen LogP contribution in [0.4, 0.5) is 14.9 Å². The van der Waals surface area contributed by atoms with Crippen LogP contribution in [0.2, 0.25) is 0 Å². The zero-order chi connectivity index (χ0) is 19.8. The molecule has 2 aromatic carbocycles. The molecule has 4 amide bonds. The second-order valence-corrected chi connectivity index (χ2v) is 7.51. The molecule has 28 heavy (non-hydrogen) atoms. The number of imide groups is 1. The number of hydrogen-bond acceptors (Lipinski definition) is 4. The molecule has 8 heteroatoms. The number of nitrogens with one attached hydrogen (secondary N) is 2. The third kappa shape index (κ3) is 3.22. The topological polar surface area (TPSA) is 78.5 Å². The van der Waals surface area contributed by atoms with Gasteiger partial charge in [-0.1, -0.05) is 18.2 Å². The maximum absolute atomic E-state index is 14.1. The van der Waals surface area contributed by atoms with E-state index in [0.29, 0.717) is 27.1 Å². The lowest BCUT2D eigenvalue weighted by atomic mass is 10.1. The molecular formula is C20H16FN3O3S. The van der Waals surface area contributed by atoms with Crippen LogP contribution in [0.1, 0.15) is 20.8 Å². The molecule has 2 N–H and O–H groups in total. The predicted octanol–water partition coefficient (Wildman–Crippen LogP) is 3.65. The molecule has 0 radical (unpaired) electrons. The number of hydrogen-bond donors (Lipinski definition) is 2. The summed E-state index contributed by atoms with van der Waals surface area (Å²) in [5.41, 5.74) is 1.85. The summed E-state index contributed by atoms with van der Waals surface area (Å²) in [5, 5.41) is 5.75. The van der Waals surface area contributed by atoms with Crippen molar-refractivity contribution in [2.75, 3.05) is 11.9 Å². The highest BCUT2D eigenvalue weighted by Crippen LogP contribution is 2.33. The first-order valence-corrected chi connectivity index (χ1v) is 9.42. The molecule has 1 aliphatic rings. The average Bonchev–Trinajstić information content (AvgIpc) is 3.17. The van der Waals surface area contributed by atoms with Crippen molar-refractivity contribution in [1.29, 1.82) is 0 Å². The van der Waals surface area contributed by atoms with Crippen molar-refractivity contribution < 1.29 is 18.8 Å². The third-order valence-corrected chi connectivity index (χ3v) is 5.83. The van der Waals surface area contributed by atoms with Crippen LogP contribution in [0.3, 0.4) is 0 Å². The fourth-order valence-corrected chi connectivity index (χ4v) is 4.32. The Kier molecular flexibility index (Phi) is 4.56. The third-order valence-electron chi connectivity index (χ3n) is 4.57. The average molecular weight is 397 g/mol. The fourth-order valence-electron chi connectivity index (χ4n) is 3.20. The molecule has 0 aliphatic carbocycles. The minimum absolute atomic E-state index is 0.00294. The Bertz CT molecular complexity index is 1110. The summed E-state index contributed by atoms with van der Waals surface area (Å²) in [6, 6.07) is 11.3. The van der Waals surface area contributed by atoms with Crippen LogP contribution in [0.5, 0.6) is 0 Å². The van der Waals surface area contributed by atoms with E-state index in [4.69, 9.17) is 0 Å². The SMILES string of the molecule is Cc1c(C(=O)Nc2cccc(CN3C(=O)CNC3=O)c2)sc2cccc(F)c12. The molecule has 1 fully saturated rings. The number of carbonyl (C=O) groups excluding carboxylic acids is 3. The van der Waals surface area contributed by atoms with E-state index < -0.39 is 6.03 Å². The van der Waals surface area contributed by atoms with Gasteiger partial charge in [0.15, 0.2) is 0 Å². The Morgan fingerprint density at radius 2 is 2.04 bits per heavy atom. The zero-order valence-corrected chi connectivity index (χ0v) is 15.7. The highest BCUT2D eigenvalue weighted by atomic mass is 32.1. The van der Waals surface area contributed by atoms with Gasteiger partial charge in [-0.3, -0.25) is 14.5 Å². The van der Waals surface area contributed by atoms with E-state index in [9.17, 15) is 18.8 Å². The van der Waals surface area contributed by atoms with Gasteiger partial charge in [0.2, 0.25) is 5.91 Å². The van der Waals surface area contributed by atoms with E-state index >= 15 is 0 Å². The predicted molar refractivity (Wildman–Crippen MR) is 105 cm³/mol. The molecule has 4 rings (SSSR count). The molecule has 2 heterocycles. The van der Waals surface area contributed by atoms with Crippen molar-refractivity contribution in [3.8, 4) is 0 Å². The second kappa shape index (κ2) is 7.05. The highest BCUT2D eigenvalue weighted by Gasteiger charge is 2.28. The molecule has 1 aromatic heterocycles. The van der Waals surface area contributed by atoms with Crippen LogP contribution in [0.25, 0.3) is 10.1 Å². The minimum atomic E-state index is -0.428. The number of rotatable bonds is 4. The van der Waals surface area contributed by atoms with Crippen molar-refractivity contribution >= 4 is 45.0 Å². The van der Waals surface area contributed by atoms with Crippen molar-refractivity contribution in [2.45, 2.75) is 13.5 Å². The van der Waals surface area contributed by atoms with Crippen LogP contribution < -0.4 is 10.6 Å². The summed E-state index contributed by atoms with van der Waals surface area (Å²) in [5.74, 6) is -0.964. The summed E-state index contributed by atoms with van der Waals surface area (Å²) in [7, 11) is 0. The van der Waals surface area contributed by atoms with Gasteiger partial charge < -0.3 is 10.6 Å². The molecule has 0 saturated carbocycles. The molecule has 0 unspecified atom stereocenters. The molecule has 142 valence electrons. The fraction of sp³-hybridized carbons (Fsp3) is 0.150. The van der Waals surface area contributed by atoms with Gasteiger partial charge in [-0.15, -0.1) is 11.3 Å². The number of halogens is 1. The number of nitrogens with zero attached hydrogens (tertiary/aromatic N) is 1. The number of benzene rings is 2. The molecule has 1 aliphatic heterocycles. The molecule has 0 bridgehead atoms.